The molecule has 0 spiro atoms. The monoisotopic (exact) mass is 297 g/mol. The van der Waals surface area contributed by atoms with Gasteiger partial charge in [0.05, 0.1) is 0 Å². The molecule has 1 atom stereocenters. The van der Waals surface area contributed by atoms with Crippen molar-refractivity contribution in [3.63, 3.8) is 0 Å². The van der Waals surface area contributed by atoms with Gasteiger partial charge in [0.1, 0.15) is 5.82 Å². The van der Waals surface area contributed by atoms with Crippen molar-refractivity contribution in [2.45, 2.75) is 25.1 Å². The predicted octanol–water partition coefficient (Wildman–Crippen LogP) is 2.25. The van der Waals surface area contributed by atoms with E-state index in [1.54, 1.807) is 12.1 Å². The Morgan fingerprint density at radius 2 is 2.40 bits per heavy atom. The summed E-state index contributed by atoms with van der Waals surface area (Å²) in [6.07, 6.45) is 1.14. The van der Waals surface area contributed by atoms with E-state index in [0.717, 1.165) is 25.3 Å². The molecule has 1 aliphatic rings. The first-order chi connectivity index (χ1) is 9.63. The fourth-order valence-electron chi connectivity index (χ4n) is 2.30. The standard InChI is InChI=1S/C14H20FN3OS/c1-2-12-9-18(5-6-20-12)8-11-4-3-10(7-13(11)15)14(16)17-19/h3-4,7,12,19H,2,5-6,8-9H2,1H3,(H2,16,17). The third-order valence-electron chi connectivity index (χ3n) is 3.53. The molecule has 1 aliphatic heterocycles. The van der Waals surface area contributed by atoms with Crippen LogP contribution in [0.25, 0.3) is 0 Å². The van der Waals surface area contributed by atoms with E-state index < -0.39 is 0 Å². The maximum Gasteiger partial charge on any atom is 0.170 e. The van der Waals surface area contributed by atoms with Crippen LogP contribution in [0, 0.1) is 5.82 Å². The summed E-state index contributed by atoms with van der Waals surface area (Å²) in [6.45, 7) is 4.79. The molecule has 1 fully saturated rings. The first-order valence-electron chi connectivity index (χ1n) is 6.74. The van der Waals surface area contributed by atoms with Crippen molar-refractivity contribution in [1.82, 2.24) is 4.90 Å². The summed E-state index contributed by atoms with van der Waals surface area (Å²) in [6, 6.07) is 4.72. The molecule has 110 valence electrons. The lowest BCUT2D eigenvalue weighted by molar-refractivity contribution is 0.269. The molecule has 0 radical (unpaired) electrons. The Kier molecular flexibility index (Phi) is 5.25. The van der Waals surface area contributed by atoms with E-state index in [0.29, 0.717) is 22.9 Å². The predicted molar refractivity (Wildman–Crippen MR) is 80.7 cm³/mol. The number of thioether (sulfide) groups is 1. The number of benzene rings is 1. The Bertz CT molecular complexity index is 495. The number of halogens is 1. The number of hydrogen-bond acceptors (Lipinski definition) is 4. The van der Waals surface area contributed by atoms with Crippen molar-refractivity contribution >= 4 is 17.6 Å². The number of nitrogens with zero attached hydrogens (tertiary/aromatic N) is 2. The van der Waals surface area contributed by atoms with Crippen molar-refractivity contribution in [3.8, 4) is 0 Å². The van der Waals surface area contributed by atoms with Gasteiger partial charge in [-0.2, -0.15) is 11.8 Å². The van der Waals surface area contributed by atoms with E-state index in [2.05, 4.69) is 17.0 Å². The number of nitrogens with two attached hydrogens (primary N) is 1. The molecule has 0 amide bonds. The van der Waals surface area contributed by atoms with Crippen molar-refractivity contribution < 1.29 is 9.60 Å². The topological polar surface area (TPSA) is 61.8 Å². The van der Waals surface area contributed by atoms with Gasteiger partial charge in [0.25, 0.3) is 0 Å². The van der Waals surface area contributed by atoms with Crippen LogP contribution in [0.15, 0.2) is 23.4 Å². The molecule has 1 heterocycles. The molecule has 20 heavy (non-hydrogen) atoms. The Labute approximate surface area is 122 Å². The Hall–Kier alpha value is -1.27. The summed E-state index contributed by atoms with van der Waals surface area (Å²) in [5.74, 6) is 0.721. The molecular formula is C14H20FN3OS. The number of hydrogen-bond donors (Lipinski definition) is 2. The largest absolute Gasteiger partial charge is 0.409 e. The highest BCUT2D eigenvalue weighted by molar-refractivity contribution is 8.00. The molecule has 0 saturated carbocycles. The molecule has 6 heteroatoms. The molecule has 2 rings (SSSR count). The van der Waals surface area contributed by atoms with Crippen LogP contribution in [0.1, 0.15) is 24.5 Å². The van der Waals surface area contributed by atoms with Gasteiger partial charge in [0.15, 0.2) is 5.84 Å². The molecule has 1 unspecified atom stereocenters. The molecule has 4 nitrogen and oxygen atoms in total. The van der Waals surface area contributed by atoms with E-state index in [1.807, 2.05) is 11.8 Å². The van der Waals surface area contributed by atoms with Crippen LogP contribution in [0.5, 0.6) is 0 Å². The minimum Gasteiger partial charge on any atom is -0.409 e. The summed E-state index contributed by atoms with van der Waals surface area (Å²) in [5, 5.41) is 12.1. The third kappa shape index (κ3) is 3.64. The number of amidine groups is 1. The molecule has 0 bridgehead atoms. The van der Waals surface area contributed by atoms with Gasteiger partial charge in [-0.05, 0) is 12.5 Å². The van der Waals surface area contributed by atoms with Crippen LogP contribution >= 0.6 is 11.8 Å². The van der Waals surface area contributed by atoms with Crippen molar-refractivity contribution in [2.75, 3.05) is 18.8 Å². The Morgan fingerprint density at radius 3 is 3.05 bits per heavy atom. The minimum absolute atomic E-state index is 0.0733. The van der Waals surface area contributed by atoms with Crippen LogP contribution in [0.2, 0.25) is 0 Å². The van der Waals surface area contributed by atoms with E-state index in [9.17, 15) is 4.39 Å². The summed E-state index contributed by atoms with van der Waals surface area (Å²) in [4.78, 5) is 2.28. The second kappa shape index (κ2) is 6.95. The van der Waals surface area contributed by atoms with Crippen LogP contribution in [-0.2, 0) is 6.54 Å². The zero-order chi connectivity index (χ0) is 14.5. The van der Waals surface area contributed by atoms with Gasteiger partial charge in [0, 0.05) is 41.8 Å². The van der Waals surface area contributed by atoms with Gasteiger partial charge < -0.3 is 10.9 Å². The van der Waals surface area contributed by atoms with Crippen LogP contribution < -0.4 is 5.73 Å². The maximum absolute atomic E-state index is 14.1. The molecule has 0 aromatic heterocycles. The highest BCUT2D eigenvalue weighted by atomic mass is 32.2. The Morgan fingerprint density at radius 1 is 1.60 bits per heavy atom. The number of rotatable bonds is 4. The van der Waals surface area contributed by atoms with Gasteiger partial charge in [-0.1, -0.05) is 24.2 Å². The SMILES string of the molecule is CCC1CN(Cc2ccc(/C(N)=N/O)cc2F)CCS1. The Balaban J connectivity index is 2.06. The average molecular weight is 297 g/mol. The van der Waals surface area contributed by atoms with Gasteiger partial charge in [-0.15, -0.1) is 0 Å². The molecule has 0 aliphatic carbocycles. The highest BCUT2D eigenvalue weighted by Crippen LogP contribution is 2.23. The average Bonchev–Trinajstić information content (AvgIpc) is 2.48. The van der Waals surface area contributed by atoms with Gasteiger partial charge in [-0.25, -0.2) is 4.39 Å². The summed E-state index contributed by atoms with van der Waals surface area (Å²) in [7, 11) is 0. The molecule has 1 aromatic rings. The van der Waals surface area contributed by atoms with Crippen molar-refractivity contribution in [2.24, 2.45) is 10.9 Å². The first-order valence-corrected chi connectivity index (χ1v) is 7.79. The molecular weight excluding hydrogens is 277 g/mol. The lowest BCUT2D eigenvalue weighted by Gasteiger charge is -2.31. The molecule has 1 saturated heterocycles. The summed E-state index contributed by atoms with van der Waals surface area (Å²) < 4.78 is 14.1. The second-order valence-electron chi connectivity index (χ2n) is 4.93. The molecule has 3 N–H and O–H groups in total. The van der Waals surface area contributed by atoms with E-state index >= 15 is 0 Å². The fraction of sp³-hybridized carbons (Fsp3) is 0.500. The van der Waals surface area contributed by atoms with Crippen LogP contribution in [0.3, 0.4) is 0 Å². The van der Waals surface area contributed by atoms with Crippen molar-refractivity contribution in [3.05, 3.63) is 35.1 Å². The fourth-order valence-corrected chi connectivity index (χ4v) is 3.55. The zero-order valence-electron chi connectivity index (χ0n) is 11.6. The zero-order valence-corrected chi connectivity index (χ0v) is 12.4. The number of oxime groups is 1. The van der Waals surface area contributed by atoms with Crippen LogP contribution in [0.4, 0.5) is 4.39 Å². The van der Waals surface area contributed by atoms with Gasteiger partial charge in [-0.3, -0.25) is 4.90 Å². The lowest BCUT2D eigenvalue weighted by Crippen LogP contribution is -2.37. The van der Waals surface area contributed by atoms with Gasteiger partial charge >= 0.3 is 0 Å². The van der Waals surface area contributed by atoms with Gasteiger partial charge in [0.2, 0.25) is 0 Å². The van der Waals surface area contributed by atoms with E-state index in [4.69, 9.17) is 10.9 Å². The summed E-state index contributed by atoms with van der Waals surface area (Å²) >= 11 is 2.00. The van der Waals surface area contributed by atoms with Crippen LogP contribution in [-0.4, -0.2) is 40.0 Å². The van der Waals surface area contributed by atoms with E-state index in [-0.39, 0.29) is 11.7 Å². The second-order valence-corrected chi connectivity index (χ2v) is 6.34. The third-order valence-corrected chi connectivity index (χ3v) is 4.90. The lowest BCUT2D eigenvalue weighted by atomic mass is 10.1. The van der Waals surface area contributed by atoms with Crippen molar-refractivity contribution in [1.29, 1.82) is 0 Å². The summed E-state index contributed by atoms with van der Waals surface area (Å²) in [5.41, 5.74) is 6.51. The minimum atomic E-state index is -0.305. The first kappa shape index (κ1) is 15.1. The molecule has 1 aromatic carbocycles. The quantitative estimate of drug-likeness (QED) is 0.387. The normalized spacial score (nSPS) is 21.1. The van der Waals surface area contributed by atoms with E-state index in [1.165, 1.54) is 6.07 Å². The smallest absolute Gasteiger partial charge is 0.170 e. The highest BCUT2D eigenvalue weighted by Gasteiger charge is 2.20. The maximum atomic E-state index is 14.1.